The van der Waals surface area contributed by atoms with Gasteiger partial charge in [-0.2, -0.15) is 0 Å². The monoisotopic (exact) mass is 359 g/mol. The predicted molar refractivity (Wildman–Crippen MR) is 93.3 cm³/mol. The molecule has 3 amide bonds. The zero-order valence-corrected chi connectivity index (χ0v) is 14.9. The van der Waals surface area contributed by atoms with Gasteiger partial charge in [-0.15, -0.1) is 0 Å². The topological polar surface area (TPSA) is 74.1 Å². The molecule has 3 fully saturated rings. The van der Waals surface area contributed by atoms with Crippen LogP contribution in [0.2, 0.25) is 0 Å². The third kappa shape index (κ3) is 3.22. The summed E-state index contributed by atoms with van der Waals surface area (Å²) >= 11 is 0. The van der Waals surface area contributed by atoms with Crippen LogP contribution in [0.25, 0.3) is 0 Å². The highest BCUT2D eigenvalue weighted by Gasteiger charge is 2.40. The largest absolute Gasteiger partial charge is 0.459 e. The molecule has 0 radical (unpaired) electrons. The Morgan fingerprint density at radius 3 is 2.38 bits per heavy atom. The lowest BCUT2D eigenvalue weighted by Crippen LogP contribution is -2.52. The minimum absolute atomic E-state index is 0.0592. The maximum absolute atomic E-state index is 12.8. The molecule has 0 aromatic carbocycles. The van der Waals surface area contributed by atoms with Crippen LogP contribution in [0.4, 0.5) is 0 Å². The summed E-state index contributed by atoms with van der Waals surface area (Å²) in [6.07, 6.45) is 6.32. The van der Waals surface area contributed by atoms with Gasteiger partial charge in [-0.25, -0.2) is 0 Å². The molecule has 4 rings (SSSR count). The summed E-state index contributed by atoms with van der Waals surface area (Å²) in [7, 11) is 0. The molecule has 3 aliphatic rings. The second-order valence-corrected chi connectivity index (χ2v) is 7.48. The number of furan rings is 1. The van der Waals surface area contributed by atoms with Crippen molar-refractivity contribution in [1.29, 1.82) is 0 Å². The van der Waals surface area contributed by atoms with Gasteiger partial charge in [0, 0.05) is 45.2 Å². The fourth-order valence-corrected chi connectivity index (χ4v) is 4.41. The van der Waals surface area contributed by atoms with Gasteiger partial charge >= 0.3 is 0 Å². The Bertz CT molecular complexity index is 673. The number of amides is 3. The zero-order valence-electron chi connectivity index (χ0n) is 14.9. The van der Waals surface area contributed by atoms with Crippen molar-refractivity contribution in [3.05, 3.63) is 24.2 Å². The van der Waals surface area contributed by atoms with Gasteiger partial charge in [0.2, 0.25) is 11.8 Å². The highest BCUT2D eigenvalue weighted by atomic mass is 16.3. The minimum atomic E-state index is -0.226. The average Bonchev–Trinajstić information content (AvgIpc) is 3.41. The lowest BCUT2D eigenvalue weighted by atomic mass is 10.1. The molecule has 3 heterocycles. The molecule has 26 heavy (non-hydrogen) atoms. The van der Waals surface area contributed by atoms with E-state index in [1.54, 1.807) is 17.0 Å². The summed E-state index contributed by atoms with van der Waals surface area (Å²) < 4.78 is 5.16. The van der Waals surface area contributed by atoms with E-state index in [1.807, 2.05) is 9.80 Å². The summed E-state index contributed by atoms with van der Waals surface area (Å²) in [5.41, 5.74) is 0. The van der Waals surface area contributed by atoms with Gasteiger partial charge in [-0.05, 0) is 25.0 Å². The molecular formula is C19H25N3O4. The molecule has 7 heteroatoms. The van der Waals surface area contributed by atoms with Crippen molar-refractivity contribution >= 4 is 17.7 Å². The first-order chi connectivity index (χ1) is 12.6. The van der Waals surface area contributed by atoms with E-state index in [4.69, 9.17) is 4.42 Å². The molecule has 1 atom stereocenters. The Morgan fingerprint density at radius 2 is 1.73 bits per heavy atom. The Hall–Kier alpha value is -2.31. The van der Waals surface area contributed by atoms with E-state index in [1.165, 1.54) is 19.1 Å². The van der Waals surface area contributed by atoms with Crippen LogP contribution in [0.1, 0.15) is 42.7 Å². The maximum atomic E-state index is 12.8. The summed E-state index contributed by atoms with van der Waals surface area (Å²) in [5, 5.41) is 0. The summed E-state index contributed by atoms with van der Waals surface area (Å²) in [6, 6.07) is 3.69. The molecule has 2 aliphatic heterocycles. The predicted octanol–water partition coefficient (Wildman–Crippen LogP) is 1.36. The van der Waals surface area contributed by atoms with Crippen LogP contribution in [0.5, 0.6) is 0 Å². The van der Waals surface area contributed by atoms with Gasteiger partial charge in [0.15, 0.2) is 5.76 Å². The van der Waals surface area contributed by atoms with Gasteiger partial charge in [-0.3, -0.25) is 14.4 Å². The Kier molecular flexibility index (Phi) is 4.70. The van der Waals surface area contributed by atoms with E-state index < -0.39 is 0 Å². The molecular weight excluding hydrogens is 334 g/mol. The first-order valence-corrected chi connectivity index (χ1v) is 9.54. The quantitative estimate of drug-likeness (QED) is 0.817. The van der Waals surface area contributed by atoms with Gasteiger partial charge in [-0.1, -0.05) is 12.8 Å². The second kappa shape index (κ2) is 7.13. The lowest BCUT2D eigenvalue weighted by Gasteiger charge is -2.35. The number of carbonyl (C=O) groups is 3. The molecule has 1 aromatic rings. The highest BCUT2D eigenvalue weighted by molar-refractivity contribution is 5.92. The van der Waals surface area contributed by atoms with E-state index in [2.05, 4.69) is 0 Å². The van der Waals surface area contributed by atoms with Gasteiger partial charge < -0.3 is 19.1 Å². The number of nitrogens with zero attached hydrogens (tertiary/aromatic N) is 3. The minimum Gasteiger partial charge on any atom is -0.459 e. The Morgan fingerprint density at radius 1 is 1.04 bits per heavy atom. The second-order valence-electron chi connectivity index (χ2n) is 7.48. The van der Waals surface area contributed by atoms with Crippen LogP contribution in [-0.4, -0.2) is 71.2 Å². The van der Waals surface area contributed by atoms with Gasteiger partial charge in [0.1, 0.15) is 0 Å². The third-order valence-corrected chi connectivity index (χ3v) is 5.88. The van der Waals surface area contributed by atoms with Crippen molar-refractivity contribution in [3.8, 4) is 0 Å². The van der Waals surface area contributed by atoms with Crippen molar-refractivity contribution in [2.45, 2.75) is 38.1 Å². The van der Waals surface area contributed by atoms with Crippen molar-refractivity contribution in [1.82, 2.24) is 14.7 Å². The van der Waals surface area contributed by atoms with Crippen molar-refractivity contribution < 1.29 is 18.8 Å². The first kappa shape index (κ1) is 17.1. The van der Waals surface area contributed by atoms with Crippen molar-refractivity contribution in [3.63, 3.8) is 0 Å². The normalized spacial score (nSPS) is 24.5. The Balaban J connectivity index is 1.31. The zero-order chi connectivity index (χ0) is 18.1. The standard InChI is InChI=1S/C19H25N3O4/c23-17-12-14(13-22(17)15-4-1-2-5-15)18(24)20-7-9-21(10-8-20)19(25)16-6-3-11-26-16/h3,6,11,14-15H,1-2,4-5,7-10,12-13H2. The van der Waals surface area contributed by atoms with Crippen LogP contribution in [0.3, 0.4) is 0 Å². The molecule has 140 valence electrons. The van der Waals surface area contributed by atoms with Crippen LogP contribution >= 0.6 is 0 Å². The molecule has 0 spiro atoms. The smallest absolute Gasteiger partial charge is 0.289 e. The first-order valence-electron chi connectivity index (χ1n) is 9.54. The SMILES string of the molecule is O=C(c1ccco1)N1CCN(C(=O)C2CC(=O)N(C3CCCC3)C2)CC1. The molecule has 1 unspecified atom stereocenters. The molecule has 2 saturated heterocycles. The molecule has 1 saturated carbocycles. The fourth-order valence-electron chi connectivity index (χ4n) is 4.41. The van der Waals surface area contributed by atoms with Crippen LogP contribution in [0.15, 0.2) is 22.8 Å². The average molecular weight is 359 g/mol. The fraction of sp³-hybridized carbons (Fsp3) is 0.632. The van der Waals surface area contributed by atoms with E-state index in [0.717, 1.165) is 12.8 Å². The number of hydrogen-bond donors (Lipinski definition) is 0. The molecule has 0 N–H and O–H groups in total. The molecule has 0 bridgehead atoms. The lowest BCUT2D eigenvalue weighted by molar-refractivity contribution is -0.137. The maximum Gasteiger partial charge on any atom is 0.289 e. The Labute approximate surface area is 152 Å². The number of carbonyl (C=O) groups excluding carboxylic acids is 3. The molecule has 7 nitrogen and oxygen atoms in total. The summed E-state index contributed by atoms with van der Waals surface area (Å²) in [5.74, 6) is 0.158. The van der Waals surface area contributed by atoms with Crippen molar-refractivity contribution in [2.75, 3.05) is 32.7 Å². The van der Waals surface area contributed by atoms with E-state index in [0.29, 0.717) is 50.9 Å². The number of rotatable bonds is 3. The molecule has 1 aromatic heterocycles. The van der Waals surface area contributed by atoms with E-state index >= 15 is 0 Å². The van der Waals surface area contributed by atoms with E-state index in [-0.39, 0.29) is 23.6 Å². The summed E-state index contributed by atoms with van der Waals surface area (Å²) in [4.78, 5) is 42.9. The van der Waals surface area contributed by atoms with Crippen LogP contribution < -0.4 is 0 Å². The number of piperazine rings is 1. The van der Waals surface area contributed by atoms with Crippen LogP contribution in [0, 0.1) is 5.92 Å². The van der Waals surface area contributed by atoms with Gasteiger partial charge in [0.05, 0.1) is 12.2 Å². The highest BCUT2D eigenvalue weighted by Crippen LogP contribution is 2.30. The number of likely N-dealkylation sites (tertiary alicyclic amines) is 1. The number of hydrogen-bond acceptors (Lipinski definition) is 4. The van der Waals surface area contributed by atoms with E-state index in [9.17, 15) is 14.4 Å². The molecule has 1 aliphatic carbocycles. The van der Waals surface area contributed by atoms with Crippen LogP contribution in [-0.2, 0) is 9.59 Å². The summed E-state index contributed by atoms with van der Waals surface area (Å²) in [6.45, 7) is 2.59. The van der Waals surface area contributed by atoms with Crippen molar-refractivity contribution in [2.24, 2.45) is 5.92 Å². The third-order valence-electron chi connectivity index (χ3n) is 5.88. The van der Waals surface area contributed by atoms with Gasteiger partial charge in [0.25, 0.3) is 5.91 Å².